The van der Waals surface area contributed by atoms with Crippen molar-refractivity contribution >= 4 is 22.8 Å². The molecule has 26 heavy (non-hydrogen) atoms. The van der Waals surface area contributed by atoms with Crippen molar-refractivity contribution < 1.29 is 14.7 Å². The molecule has 1 aromatic heterocycles. The van der Waals surface area contributed by atoms with Crippen LogP contribution in [-0.4, -0.2) is 38.6 Å². The highest BCUT2D eigenvalue weighted by Gasteiger charge is 2.20. The summed E-state index contributed by atoms with van der Waals surface area (Å²) in [5.74, 6) is -0.985. The van der Waals surface area contributed by atoms with Gasteiger partial charge in [0.2, 0.25) is 0 Å². The van der Waals surface area contributed by atoms with E-state index in [-0.39, 0.29) is 12.3 Å². The summed E-state index contributed by atoms with van der Waals surface area (Å²) in [6.07, 6.45) is 2.14. The lowest BCUT2D eigenvalue weighted by Gasteiger charge is -2.23. The van der Waals surface area contributed by atoms with Gasteiger partial charge in [0.05, 0.1) is 17.3 Å². The molecule has 1 amide bonds. The van der Waals surface area contributed by atoms with Gasteiger partial charge in [-0.1, -0.05) is 30.3 Å². The smallest absolute Gasteiger partial charge is 0.303 e. The van der Waals surface area contributed by atoms with Gasteiger partial charge < -0.3 is 10.0 Å². The normalized spacial score (nSPS) is 10.8. The molecule has 6 nitrogen and oxygen atoms in total. The number of fused-ring (bicyclic) bond motifs is 1. The standard InChI is InChI=1S/C20H21N3O3/c1-14-10-16-12-21-22-19(16)17(11-14)20(26)23(9-5-8-18(24)25)13-15-6-3-2-4-7-15/h2-4,6-7,10-12H,5,8-9,13H2,1H3,(H,21,22)(H,24,25). The molecule has 0 spiro atoms. The second-order valence-electron chi connectivity index (χ2n) is 6.36. The number of nitrogens with one attached hydrogen (secondary N) is 1. The third-order valence-electron chi connectivity index (χ3n) is 4.25. The minimum atomic E-state index is -0.858. The molecule has 3 rings (SSSR count). The molecule has 0 radical (unpaired) electrons. The number of aliphatic carboxylic acids is 1. The molecule has 0 fully saturated rings. The van der Waals surface area contributed by atoms with Crippen LogP contribution in [0.5, 0.6) is 0 Å². The van der Waals surface area contributed by atoms with Gasteiger partial charge in [-0.25, -0.2) is 0 Å². The number of carboxylic acid groups (broad SMARTS) is 1. The lowest BCUT2D eigenvalue weighted by atomic mass is 10.1. The number of nitrogens with zero attached hydrogens (tertiary/aromatic N) is 2. The Balaban J connectivity index is 1.89. The summed E-state index contributed by atoms with van der Waals surface area (Å²) >= 11 is 0. The molecular formula is C20H21N3O3. The van der Waals surface area contributed by atoms with Crippen LogP contribution in [0.3, 0.4) is 0 Å². The highest BCUT2D eigenvalue weighted by molar-refractivity contribution is 6.05. The van der Waals surface area contributed by atoms with Crippen LogP contribution >= 0.6 is 0 Å². The first-order valence-electron chi connectivity index (χ1n) is 8.53. The van der Waals surface area contributed by atoms with Crippen molar-refractivity contribution in [1.82, 2.24) is 15.1 Å². The first-order valence-corrected chi connectivity index (χ1v) is 8.53. The van der Waals surface area contributed by atoms with Crippen LogP contribution in [0, 0.1) is 6.92 Å². The zero-order chi connectivity index (χ0) is 18.5. The number of carbonyl (C=O) groups is 2. The average molecular weight is 351 g/mol. The topological polar surface area (TPSA) is 86.3 Å². The number of H-pyrrole nitrogens is 1. The summed E-state index contributed by atoms with van der Waals surface area (Å²) in [6, 6.07) is 13.5. The molecule has 0 aliphatic rings. The largest absolute Gasteiger partial charge is 0.481 e. The maximum atomic E-state index is 13.2. The molecule has 0 aliphatic carbocycles. The van der Waals surface area contributed by atoms with Gasteiger partial charge in [0.1, 0.15) is 0 Å². The van der Waals surface area contributed by atoms with Gasteiger partial charge in [0, 0.05) is 24.9 Å². The van der Waals surface area contributed by atoms with E-state index in [0.717, 1.165) is 16.5 Å². The molecule has 3 aromatic rings. The van der Waals surface area contributed by atoms with E-state index in [1.807, 2.05) is 49.4 Å². The Hall–Kier alpha value is -3.15. The molecule has 2 aromatic carbocycles. The van der Waals surface area contributed by atoms with Crippen molar-refractivity contribution in [3.8, 4) is 0 Å². The number of aromatic nitrogens is 2. The predicted octanol–water partition coefficient (Wildman–Crippen LogP) is 3.38. The van der Waals surface area contributed by atoms with Crippen molar-refractivity contribution in [2.75, 3.05) is 6.54 Å². The lowest BCUT2D eigenvalue weighted by molar-refractivity contribution is -0.137. The number of aryl methyl sites for hydroxylation is 1. The van der Waals surface area contributed by atoms with Crippen molar-refractivity contribution in [2.24, 2.45) is 0 Å². The zero-order valence-corrected chi connectivity index (χ0v) is 14.6. The maximum Gasteiger partial charge on any atom is 0.303 e. The highest BCUT2D eigenvalue weighted by Crippen LogP contribution is 2.21. The van der Waals surface area contributed by atoms with Crippen LogP contribution < -0.4 is 0 Å². The number of carboxylic acids is 1. The summed E-state index contributed by atoms with van der Waals surface area (Å²) in [5, 5.41) is 16.7. The maximum absolute atomic E-state index is 13.2. The van der Waals surface area contributed by atoms with Crippen LogP contribution in [0.1, 0.15) is 34.3 Å². The number of hydrogen-bond donors (Lipinski definition) is 2. The Kier molecular flexibility index (Phi) is 5.31. The van der Waals surface area contributed by atoms with E-state index in [1.54, 1.807) is 11.1 Å². The summed E-state index contributed by atoms with van der Waals surface area (Å²) in [6.45, 7) is 2.75. The number of amides is 1. The van der Waals surface area contributed by atoms with Crippen molar-refractivity contribution in [3.63, 3.8) is 0 Å². The molecule has 1 heterocycles. The highest BCUT2D eigenvalue weighted by atomic mass is 16.4. The monoisotopic (exact) mass is 351 g/mol. The summed E-state index contributed by atoms with van der Waals surface area (Å²) < 4.78 is 0. The first-order chi connectivity index (χ1) is 12.5. The molecule has 0 saturated heterocycles. The Morgan fingerprint density at radius 2 is 1.96 bits per heavy atom. The number of aromatic amines is 1. The van der Waals surface area contributed by atoms with Crippen LogP contribution in [0.15, 0.2) is 48.7 Å². The second kappa shape index (κ2) is 7.82. The van der Waals surface area contributed by atoms with E-state index < -0.39 is 5.97 Å². The molecule has 0 atom stereocenters. The van der Waals surface area contributed by atoms with Gasteiger partial charge in [-0.15, -0.1) is 0 Å². The van der Waals surface area contributed by atoms with E-state index in [2.05, 4.69) is 10.2 Å². The SMILES string of the molecule is Cc1cc(C(=O)N(CCCC(=O)O)Cc2ccccc2)c2[nH]ncc2c1. The van der Waals surface area contributed by atoms with Gasteiger partial charge >= 0.3 is 5.97 Å². The number of benzene rings is 2. The Morgan fingerprint density at radius 1 is 1.19 bits per heavy atom. The van der Waals surface area contributed by atoms with Gasteiger partial charge in [-0.05, 0) is 36.6 Å². The van der Waals surface area contributed by atoms with E-state index in [0.29, 0.717) is 30.6 Å². The lowest BCUT2D eigenvalue weighted by Crippen LogP contribution is -2.32. The zero-order valence-electron chi connectivity index (χ0n) is 14.6. The van der Waals surface area contributed by atoms with E-state index in [4.69, 9.17) is 5.11 Å². The fraction of sp³-hybridized carbons (Fsp3) is 0.250. The molecule has 0 bridgehead atoms. The fourth-order valence-corrected chi connectivity index (χ4v) is 3.02. The third-order valence-corrected chi connectivity index (χ3v) is 4.25. The second-order valence-corrected chi connectivity index (χ2v) is 6.36. The number of carbonyl (C=O) groups excluding carboxylic acids is 1. The molecule has 134 valence electrons. The van der Waals surface area contributed by atoms with Gasteiger partial charge in [0.15, 0.2) is 0 Å². The third kappa shape index (κ3) is 4.08. The minimum Gasteiger partial charge on any atom is -0.481 e. The molecule has 2 N–H and O–H groups in total. The molecule has 0 aliphatic heterocycles. The van der Waals surface area contributed by atoms with Crippen molar-refractivity contribution in [1.29, 1.82) is 0 Å². The quantitative estimate of drug-likeness (QED) is 0.683. The van der Waals surface area contributed by atoms with Crippen LogP contribution in [0.4, 0.5) is 0 Å². The van der Waals surface area contributed by atoms with Crippen LogP contribution in [0.25, 0.3) is 10.9 Å². The van der Waals surface area contributed by atoms with Gasteiger partial charge in [-0.2, -0.15) is 5.10 Å². The summed E-state index contributed by atoms with van der Waals surface area (Å²) in [5.41, 5.74) is 3.25. The van der Waals surface area contributed by atoms with Gasteiger partial charge in [-0.3, -0.25) is 14.7 Å². The Labute approximate surface area is 151 Å². The number of rotatable bonds is 7. The van der Waals surface area contributed by atoms with Crippen molar-refractivity contribution in [2.45, 2.75) is 26.3 Å². The summed E-state index contributed by atoms with van der Waals surface area (Å²) in [4.78, 5) is 25.8. The molecular weight excluding hydrogens is 330 g/mol. The number of hydrogen-bond acceptors (Lipinski definition) is 3. The minimum absolute atomic E-state index is 0.0336. The predicted molar refractivity (Wildman–Crippen MR) is 98.9 cm³/mol. The summed E-state index contributed by atoms with van der Waals surface area (Å²) in [7, 11) is 0. The molecule has 6 heteroatoms. The van der Waals surface area contributed by atoms with E-state index in [9.17, 15) is 9.59 Å². The molecule has 0 unspecified atom stereocenters. The Bertz CT molecular complexity index is 918. The molecule has 0 saturated carbocycles. The van der Waals surface area contributed by atoms with Crippen LogP contribution in [-0.2, 0) is 11.3 Å². The average Bonchev–Trinajstić information content (AvgIpc) is 3.08. The first kappa shape index (κ1) is 17.7. The Morgan fingerprint density at radius 3 is 2.69 bits per heavy atom. The van der Waals surface area contributed by atoms with Crippen LogP contribution in [0.2, 0.25) is 0 Å². The fourth-order valence-electron chi connectivity index (χ4n) is 3.02. The van der Waals surface area contributed by atoms with E-state index in [1.165, 1.54) is 0 Å². The van der Waals surface area contributed by atoms with Gasteiger partial charge in [0.25, 0.3) is 5.91 Å². The van der Waals surface area contributed by atoms with E-state index >= 15 is 0 Å². The van der Waals surface area contributed by atoms with Crippen molar-refractivity contribution in [3.05, 3.63) is 65.4 Å².